The molecule has 0 saturated carbocycles. The summed E-state index contributed by atoms with van der Waals surface area (Å²) >= 11 is 4.25. The molecule has 130 valence electrons. The molecule has 0 fully saturated rings. The lowest BCUT2D eigenvalue weighted by Gasteiger charge is -2.03. The Hall–Kier alpha value is -1.39. The Kier molecular flexibility index (Phi) is 7.25. The fourth-order valence-corrected chi connectivity index (χ4v) is 3.66. The highest BCUT2D eigenvalue weighted by Gasteiger charge is 2.11. The molecule has 0 radical (unpaired) electrons. The molecule has 0 aliphatic carbocycles. The topological polar surface area (TPSA) is 101 Å². The van der Waals surface area contributed by atoms with Gasteiger partial charge in [-0.3, -0.25) is 14.9 Å². The summed E-state index contributed by atoms with van der Waals surface area (Å²) in [6.45, 7) is 6.09. The average Bonchev–Trinajstić information content (AvgIpc) is 2.99. The first-order valence-electron chi connectivity index (χ1n) is 7.42. The van der Waals surface area contributed by atoms with Crippen LogP contribution in [0.25, 0.3) is 0 Å². The summed E-state index contributed by atoms with van der Waals surface area (Å²) in [5.74, 6) is 1.86. The summed E-state index contributed by atoms with van der Waals surface area (Å²) in [4.78, 5) is 30.6. The van der Waals surface area contributed by atoms with Gasteiger partial charge in [0.05, 0.1) is 11.4 Å². The van der Waals surface area contributed by atoms with Crippen LogP contribution >= 0.6 is 34.9 Å². The Labute approximate surface area is 152 Å². The monoisotopic (exact) mass is 385 g/mol. The van der Waals surface area contributed by atoms with E-state index in [9.17, 15) is 9.59 Å². The number of carbonyl (C=O) groups excluding carboxylic acids is 1. The molecule has 0 aliphatic heterocycles. The fraction of sp³-hybridized carbons (Fsp3) is 0.500. The van der Waals surface area contributed by atoms with Gasteiger partial charge in [0, 0.05) is 17.7 Å². The lowest BCUT2D eigenvalue weighted by molar-refractivity contribution is -0.113. The molecule has 2 rings (SSSR count). The lowest BCUT2D eigenvalue weighted by Crippen LogP contribution is -2.15. The van der Waals surface area contributed by atoms with E-state index < -0.39 is 0 Å². The lowest BCUT2D eigenvalue weighted by atomic mass is 10.2. The first-order valence-corrected chi connectivity index (χ1v) is 10.4. The molecule has 0 atom stereocenters. The SMILES string of the molecule is CCSCc1cc(=O)[nH]c(SCC(=O)Nc2nnc(C(C)C)s2)n1. The largest absolute Gasteiger partial charge is 0.301 e. The van der Waals surface area contributed by atoms with Crippen molar-refractivity contribution in [3.63, 3.8) is 0 Å². The van der Waals surface area contributed by atoms with E-state index in [1.807, 2.05) is 13.8 Å². The van der Waals surface area contributed by atoms with Gasteiger partial charge in [-0.05, 0) is 5.75 Å². The van der Waals surface area contributed by atoms with Crippen LogP contribution in [-0.4, -0.2) is 37.6 Å². The second-order valence-corrected chi connectivity index (χ2v) is 8.36. The zero-order chi connectivity index (χ0) is 17.5. The molecular formula is C14H19N5O2S3. The Morgan fingerprint density at radius 2 is 2.21 bits per heavy atom. The molecule has 0 unspecified atom stereocenters. The van der Waals surface area contributed by atoms with Gasteiger partial charge in [-0.2, -0.15) is 11.8 Å². The molecule has 2 heterocycles. The van der Waals surface area contributed by atoms with E-state index in [4.69, 9.17) is 0 Å². The van der Waals surface area contributed by atoms with Crippen molar-refractivity contribution in [3.8, 4) is 0 Å². The minimum absolute atomic E-state index is 0.143. The minimum Gasteiger partial charge on any atom is -0.301 e. The number of anilines is 1. The van der Waals surface area contributed by atoms with Crippen molar-refractivity contribution in [1.82, 2.24) is 20.2 Å². The normalized spacial score (nSPS) is 11.0. The highest BCUT2D eigenvalue weighted by Crippen LogP contribution is 2.22. The molecule has 0 spiro atoms. The summed E-state index contributed by atoms with van der Waals surface area (Å²) in [7, 11) is 0. The van der Waals surface area contributed by atoms with Crippen molar-refractivity contribution in [2.75, 3.05) is 16.8 Å². The second-order valence-electron chi connectivity index (χ2n) is 5.12. The van der Waals surface area contributed by atoms with E-state index in [0.717, 1.165) is 16.5 Å². The number of amides is 1. The minimum atomic E-state index is -0.206. The molecule has 10 heteroatoms. The molecule has 0 bridgehead atoms. The van der Waals surface area contributed by atoms with Crippen LogP contribution in [0.3, 0.4) is 0 Å². The maximum atomic E-state index is 12.0. The number of carbonyl (C=O) groups is 1. The number of hydrogen-bond donors (Lipinski definition) is 2. The molecular weight excluding hydrogens is 366 g/mol. The van der Waals surface area contributed by atoms with Gasteiger partial charge in [-0.1, -0.05) is 43.9 Å². The third-order valence-corrected chi connectivity index (χ3v) is 5.67. The van der Waals surface area contributed by atoms with Crippen molar-refractivity contribution in [1.29, 1.82) is 0 Å². The number of hydrogen-bond acceptors (Lipinski definition) is 8. The summed E-state index contributed by atoms with van der Waals surface area (Å²) < 4.78 is 0. The van der Waals surface area contributed by atoms with Gasteiger partial charge in [-0.15, -0.1) is 10.2 Å². The number of aromatic amines is 1. The number of aromatic nitrogens is 4. The maximum absolute atomic E-state index is 12.0. The number of thioether (sulfide) groups is 2. The number of nitrogens with zero attached hydrogens (tertiary/aromatic N) is 3. The van der Waals surface area contributed by atoms with Crippen LogP contribution in [0.5, 0.6) is 0 Å². The number of rotatable bonds is 8. The van der Waals surface area contributed by atoms with Crippen molar-refractivity contribution < 1.29 is 4.79 Å². The van der Waals surface area contributed by atoms with Gasteiger partial charge in [-0.25, -0.2) is 4.98 Å². The predicted octanol–water partition coefficient (Wildman–Crippen LogP) is 2.73. The molecule has 0 saturated heterocycles. The number of H-pyrrole nitrogens is 1. The van der Waals surface area contributed by atoms with Gasteiger partial charge < -0.3 is 4.98 Å². The third kappa shape index (κ3) is 5.91. The number of nitrogens with one attached hydrogen (secondary N) is 2. The first-order chi connectivity index (χ1) is 11.5. The van der Waals surface area contributed by atoms with Crippen LogP contribution in [0, 0.1) is 0 Å². The van der Waals surface area contributed by atoms with Crippen LogP contribution in [0.4, 0.5) is 5.13 Å². The van der Waals surface area contributed by atoms with Gasteiger partial charge in [0.25, 0.3) is 5.56 Å². The zero-order valence-corrected chi connectivity index (χ0v) is 16.1. The Bertz CT molecular complexity index is 744. The first kappa shape index (κ1) is 18.9. The van der Waals surface area contributed by atoms with E-state index in [2.05, 4.69) is 32.4 Å². The third-order valence-electron chi connectivity index (χ3n) is 2.75. The fourth-order valence-electron chi connectivity index (χ4n) is 1.64. The molecule has 0 aliphatic rings. The Balaban J connectivity index is 1.91. The van der Waals surface area contributed by atoms with E-state index >= 15 is 0 Å². The van der Waals surface area contributed by atoms with E-state index in [1.165, 1.54) is 29.2 Å². The molecule has 1 amide bonds. The van der Waals surface area contributed by atoms with Crippen LogP contribution in [-0.2, 0) is 10.5 Å². The van der Waals surface area contributed by atoms with Gasteiger partial charge in [0.2, 0.25) is 11.0 Å². The standard InChI is InChI=1S/C14H19N5O2S3/c1-4-22-6-9-5-10(20)16-13(15-9)23-7-11(21)17-14-19-18-12(24-14)8(2)3/h5,8H,4,6-7H2,1-3H3,(H,15,16,20)(H,17,19,21). The van der Waals surface area contributed by atoms with Crippen molar-refractivity contribution in [2.45, 2.75) is 37.6 Å². The van der Waals surface area contributed by atoms with E-state index in [0.29, 0.717) is 16.0 Å². The predicted molar refractivity (Wildman–Crippen MR) is 100 cm³/mol. The highest BCUT2D eigenvalue weighted by atomic mass is 32.2. The maximum Gasteiger partial charge on any atom is 0.251 e. The van der Waals surface area contributed by atoms with Gasteiger partial charge in [0.1, 0.15) is 5.01 Å². The Morgan fingerprint density at radius 1 is 1.42 bits per heavy atom. The summed E-state index contributed by atoms with van der Waals surface area (Å²) in [5, 5.41) is 12.5. The van der Waals surface area contributed by atoms with Crippen LogP contribution < -0.4 is 10.9 Å². The van der Waals surface area contributed by atoms with Gasteiger partial charge in [0.15, 0.2) is 5.16 Å². The molecule has 2 N–H and O–H groups in total. The summed E-state index contributed by atoms with van der Waals surface area (Å²) in [6, 6.07) is 1.49. The van der Waals surface area contributed by atoms with Gasteiger partial charge >= 0.3 is 0 Å². The van der Waals surface area contributed by atoms with E-state index in [-0.39, 0.29) is 23.1 Å². The summed E-state index contributed by atoms with van der Waals surface area (Å²) in [5.41, 5.74) is 0.518. The van der Waals surface area contributed by atoms with Crippen molar-refractivity contribution in [2.24, 2.45) is 0 Å². The molecule has 2 aromatic rings. The quantitative estimate of drug-likeness (QED) is 0.532. The molecule has 0 aromatic carbocycles. The Morgan fingerprint density at radius 3 is 2.88 bits per heavy atom. The second kappa shape index (κ2) is 9.19. The van der Waals surface area contributed by atoms with Crippen LogP contribution in [0.15, 0.2) is 16.0 Å². The molecule has 24 heavy (non-hydrogen) atoms. The van der Waals surface area contributed by atoms with E-state index in [1.54, 1.807) is 11.8 Å². The van der Waals surface area contributed by atoms with Crippen LogP contribution in [0.1, 0.15) is 37.4 Å². The van der Waals surface area contributed by atoms with Crippen LogP contribution in [0.2, 0.25) is 0 Å². The van der Waals surface area contributed by atoms with Crippen molar-refractivity contribution in [3.05, 3.63) is 27.1 Å². The zero-order valence-electron chi connectivity index (χ0n) is 13.7. The molecule has 2 aromatic heterocycles. The average molecular weight is 386 g/mol. The van der Waals surface area contributed by atoms with Crippen molar-refractivity contribution >= 4 is 45.9 Å². The highest BCUT2D eigenvalue weighted by molar-refractivity contribution is 7.99. The molecule has 7 nitrogen and oxygen atoms in total. The smallest absolute Gasteiger partial charge is 0.251 e. The summed E-state index contributed by atoms with van der Waals surface area (Å²) in [6.07, 6.45) is 0.